The number of ether oxygens (including phenoxy) is 1. The predicted molar refractivity (Wildman–Crippen MR) is 107 cm³/mol. The lowest BCUT2D eigenvalue weighted by Gasteiger charge is -2.11. The van der Waals surface area contributed by atoms with Gasteiger partial charge in [0.15, 0.2) is 5.13 Å². The molecule has 0 bridgehead atoms. The van der Waals surface area contributed by atoms with Crippen LogP contribution in [-0.4, -0.2) is 15.7 Å². The van der Waals surface area contributed by atoms with E-state index in [0.29, 0.717) is 11.7 Å². The van der Waals surface area contributed by atoms with Gasteiger partial charge in [-0.1, -0.05) is 71.4 Å². The van der Waals surface area contributed by atoms with E-state index in [1.54, 1.807) is 0 Å². The first-order valence-electron chi connectivity index (χ1n) is 8.05. The molecular weight excluding hydrogens is 400 g/mol. The van der Waals surface area contributed by atoms with Gasteiger partial charge in [-0.15, -0.1) is 0 Å². The van der Waals surface area contributed by atoms with Crippen molar-refractivity contribution in [3.63, 3.8) is 0 Å². The Bertz CT molecular complexity index is 864. The standard InChI is InChI=1S/C19H19BrN2O2S/c1-12(2)17(20)18(23)22-19-21-15-9-8-14(10-16(15)25-19)24-11-13-6-4-3-5-7-13/h3-10,12,17H,11H2,1-2H3,(H,21,22,23). The molecule has 6 heteroatoms. The van der Waals surface area contributed by atoms with Crippen LogP contribution in [-0.2, 0) is 11.4 Å². The molecule has 0 saturated heterocycles. The molecule has 0 radical (unpaired) electrons. The number of aromatic nitrogens is 1. The van der Waals surface area contributed by atoms with Crippen LogP contribution in [0.5, 0.6) is 5.75 Å². The summed E-state index contributed by atoms with van der Waals surface area (Å²) in [4.78, 5) is 16.4. The molecule has 1 amide bonds. The van der Waals surface area contributed by atoms with Gasteiger partial charge in [-0.05, 0) is 29.7 Å². The lowest BCUT2D eigenvalue weighted by molar-refractivity contribution is -0.116. The lowest BCUT2D eigenvalue weighted by atomic mass is 10.1. The number of benzene rings is 2. The first kappa shape index (κ1) is 17.9. The SMILES string of the molecule is CC(C)C(Br)C(=O)Nc1nc2ccc(OCc3ccccc3)cc2s1. The molecule has 0 aliphatic heterocycles. The lowest BCUT2D eigenvalue weighted by Crippen LogP contribution is -2.26. The summed E-state index contributed by atoms with van der Waals surface area (Å²) >= 11 is 4.85. The topological polar surface area (TPSA) is 51.2 Å². The van der Waals surface area contributed by atoms with E-state index in [2.05, 4.69) is 26.2 Å². The number of alkyl halides is 1. The van der Waals surface area contributed by atoms with Gasteiger partial charge < -0.3 is 10.1 Å². The molecule has 0 spiro atoms. The third-order valence-corrected chi connectivity index (χ3v) is 6.08. The smallest absolute Gasteiger partial charge is 0.240 e. The van der Waals surface area contributed by atoms with Gasteiger partial charge in [0.2, 0.25) is 5.91 Å². The second-order valence-corrected chi connectivity index (χ2v) is 8.08. The van der Waals surface area contributed by atoms with E-state index in [0.717, 1.165) is 21.5 Å². The number of hydrogen-bond acceptors (Lipinski definition) is 4. The fourth-order valence-corrected chi connectivity index (χ4v) is 3.28. The number of carbonyl (C=O) groups is 1. The molecule has 25 heavy (non-hydrogen) atoms. The monoisotopic (exact) mass is 418 g/mol. The molecular formula is C19H19BrN2O2S. The fraction of sp³-hybridized carbons (Fsp3) is 0.263. The molecule has 1 heterocycles. The minimum Gasteiger partial charge on any atom is -0.489 e. The second kappa shape index (κ2) is 7.97. The summed E-state index contributed by atoms with van der Waals surface area (Å²) in [7, 11) is 0. The highest BCUT2D eigenvalue weighted by molar-refractivity contribution is 9.10. The largest absolute Gasteiger partial charge is 0.489 e. The van der Waals surface area contributed by atoms with Crippen molar-refractivity contribution in [2.75, 3.05) is 5.32 Å². The van der Waals surface area contributed by atoms with E-state index in [-0.39, 0.29) is 16.7 Å². The van der Waals surface area contributed by atoms with Crippen molar-refractivity contribution >= 4 is 48.5 Å². The van der Waals surface area contributed by atoms with E-state index in [1.165, 1.54) is 11.3 Å². The van der Waals surface area contributed by atoms with Crippen molar-refractivity contribution in [3.05, 3.63) is 54.1 Å². The van der Waals surface area contributed by atoms with Gasteiger partial charge in [0, 0.05) is 0 Å². The molecule has 0 fully saturated rings. The molecule has 3 rings (SSSR count). The number of thiazole rings is 1. The van der Waals surface area contributed by atoms with Gasteiger partial charge in [-0.3, -0.25) is 4.79 Å². The molecule has 0 saturated carbocycles. The minimum absolute atomic E-state index is 0.0744. The zero-order chi connectivity index (χ0) is 17.8. The van der Waals surface area contributed by atoms with Crippen LogP contribution in [0.2, 0.25) is 0 Å². The number of halogens is 1. The predicted octanol–water partition coefficient (Wildman–Crippen LogP) is 5.23. The van der Waals surface area contributed by atoms with Crippen LogP contribution >= 0.6 is 27.3 Å². The van der Waals surface area contributed by atoms with Crippen molar-refractivity contribution in [3.8, 4) is 5.75 Å². The number of hydrogen-bond donors (Lipinski definition) is 1. The highest BCUT2D eigenvalue weighted by atomic mass is 79.9. The molecule has 4 nitrogen and oxygen atoms in total. The molecule has 1 unspecified atom stereocenters. The van der Waals surface area contributed by atoms with E-state index >= 15 is 0 Å². The van der Waals surface area contributed by atoms with Gasteiger partial charge in [0.25, 0.3) is 0 Å². The quantitative estimate of drug-likeness (QED) is 0.557. The van der Waals surface area contributed by atoms with Crippen LogP contribution in [0.3, 0.4) is 0 Å². The number of fused-ring (bicyclic) bond motifs is 1. The third-order valence-electron chi connectivity index (χ3n) is 3.67. The number of nitrogens with zero attached hydrogens (tertiary/aromatic N) is 1. The van der Waals surface area contributed by atoms with Gasteiger partial charge in [-0.25, -0.2) is 4.98 Å². The van der Waals surface area contributed by atoms with Crippen LogP contribution < -0.4 is 10.1 Å². The van der Waals surface area contributed by atoms with E-state index < -0.39 is 0 Å². The van der Waals surface area contributed by atoms with Gasteiger partial charge in [-0.2, -0.15) is 0 Å². The first-order chi connectivity index (χ1) is 12.0. The summed E-state index contributed by atoms with van der Waals surface area (Å²) in [6.45, 7) is 4.51. The van der Waals surface area contributed by atoms with Crippen molar-refractivity contribution < 1.29 is 9.53 Å². The Hall–Kier alpha value is -1.92. The normalized spacial score (nSPS) is 12.3. The second-order valence-electron chi connectivity index (χ2n) is 6.06. The molecule has 1 N–H and O–H groups in total. The maximum atomic E-state index is 12.1. The van der Waals surface area contributed by atoms with Gasteiger partial charge in [0.1, 0.15) is 12.4 Å². The summed E-state index contributed by atoms with van der Waals surface area (Å²) in [5, 5.41) is 3.47. The maximum Gasteiger partial charge on any atom is 0.240 e. The summed E-state index contributed by atoms with van der Waals surface area (Å²) in [6, 6.07) is 15.8. The summed E-state index contributed by atoms with van der Waals surface area (Å²) < 4.78 is 6.83. The van der Waals surface area contributed by atoms with E-state index in [4.69, 9.17) is 4.74 Å². The van der Waals surface area contributed by atoms with Crippen molar-refractivity contribution in [2.45, 2.75) is 25.3 Å². The zero-order valence-electron chi connectivity index (χ0n) is 14.0. The maximum absolute atomic E-state index is 12.1. The molecule has 130 valence electrons. The summed E-state index contributed by atoms with van der Waals surface area (Å²) in [5.74, 6) is 0.931. The van der Waals surface area contributed by atoms with Crippen LogP contribution in [0.4, 0.5) is 5.13 Å². The number of nitrogens with one attached hydrogen (secondary N) is 1. The summed E-state index contributed by atoms with van der Waals surface area (Å²) in [6.07, 6.45) is 0. The van der Waals surface area contributed by atoms with Crippen LogP contribution in [0, 0.1) is 5.92 Å². The third kappa shape index (κ3) is 4.58. The summed E-state index contributed by atoms with van der Waals surface area (Å²) in [5.41, 5.74) is 1.97. The Labute approximate surface area is 159 Å². The Morgan fingerprint density at radius 1 is 1.24 bits per heavy atom. The molecule has 1 aromatic heterocycles. The Kier molecular flexibility index (Phi) is 5.71. The molecule has 2 aromatic carbocycles. The van der Waals surface area contributed by atoms with Crippen LogP contribution in [0.15, 0.2) is 48.5 Å². The highest BCUT2D eigenvalue weighted by Crippen LogP contribution is 2.30. The Morgan fingerprint density at radius 2 is 2.00 bits per heavy atom. The number of amides is 1. The molecule has 1 atom stereocenters. The number of rotatable bonds is 6. The molecule has 0 aliphatic rings. The molecule has 0 aliphatic carbocycles. The zero-order valence-corrected chi connectivity index (χ0v) is 16.4. The highest BCUT2D eigenvalue weighted by Gasteiger charge is 2.19. The van der Waals surface area contributed by atoms with Gasteiger partial charge in [0.05, 0.1) is 15.0 Å². The van der Waals surface area contributed by atoms with Gasteiger partial charge >= 0.3 is 0 Å². The average molecular weight is 419 g/mol. The number of anilines is 1. The fourth-order valence-electron chi connectivity index (χ4n) is 2.27. The van der Waals surface area contributed by atoms with E-state index in [1.807, 2.05) is 62.4 Å². The average Bonchev–Trinajstić information content (AvgIpc) is 3.01. The van der Waals surface area contributed by atoms with Crippen molar-refractivity contribution in [1.82, 2.24) is 4.98 Å². The number of carbonyl (C=O) groups excluding carboxylic acids is 1. The molecule has 3 aromatic rings. The van der Waals surface area contributed by atoms with Crippen LogP contribution in [0.25, 0.3) is 10.2 Å². The van der Waals surface area contributed by atoms with E-state index in [9.17, 15) is 4.79 Å². The van der Waals surface area contributed by atoms with Crippen molar-refractivity contribution in [2.24, 2.45) is 5.92 Å². The first-order valence-corrected chi connectivity index (χ1v) is 9.78. The Balaban J connectivity index is 1.70. The minimum atomic E-state index is -0.232. The van der Waals surface area contributed by atoms with Crippen LogP contribution in [0.1, 0.15) is 19.4 Å². The Morgan fingerprint density at radius 3 is 2.72 bits per heavy atom. The van der Waals surface area contributed by atoms with Crippen molar-refractivity contribution in [1.29, 1.82) is 0 Å².